The van der Waals surface area contributed by atoms with Gasteiger partial charge in [0.15, 0.2) is 0 Å². The Labute approximate surface area is 116 Å². The summed E-state index contributed by atoms with van der Waals surface area (Å²) in [6.07, 6.45) is 1.68. The van der Waals surface area contributed by atoms with E-state index < -0.39 is 0 Å². The molecule has 1 fully saturated rings. The van der Waals surface area contributed by atoms with Crippen molar-refractivity contribution >= 4 is 23.6 Å². The molecule has 0 unspecified atom stereocenters. The maximum absolute atomic E-state index is 12.4. The fourth-order valence-electron chi connectivity index (χ4n) is 1.85. The van der Waals surface area contributed by atoms with Crippen molar-refractivity contribution in [2.45, 2.75) is 24.1 Å². The van der Waals surface area contributed by atoms with Gasteiger partial charge in [-0.1, -0.05) is 13.8 Å². The Kier molecular flexibility index (Phi) is 4.42. The molecule has 6 heteroatoms. The monoisotopic (exact) mass is 279 g/mol. The highest BCUT2D eigenvalue weighted by Crippen LogP contribution is 2.25. The predicted molar refractivity (Wildman–Crippen MR) is 74.1 cm³/mol. The molecule has 1 aliphatic rings. The third-order valence-electron chi connectivity index (χ3n) is 2.67. The summed E-state index contributed by atoms with van der Waals surface area (Å²) in [6.45, 7) is 5.30. The van der Waals surface area contributed by atoms with Crippen LogP contribution in [0.4, 0.5) is 0 Å². The summed E-state index contributed by atoms with van der Waals surface area (Å²) in [7, 11) is 0. The van der Waals surface area contributed by atoms with Crippen LogP contribution < -0.4 is 5.32 Å². The maximum Gasteiger partial charge on any atom is 0.257 e. The lowest BCUT2D eigenvalue weighted by Crippen LogP contribution is -2.50. The van der Waals surface area contributed by atoms with Crippen molar-refractivity contribution < 1.29 is 9.59 Å². The van der Waals surface area contributed by atoms with Crippen molar-refractivity contribution in [2.24, 2.45) is 0 Å². The Morgan fingerprint density at radius 2 is 2.32 bits per heavy atom. The molecular weight excluding hydrogens is 262 g/mol. The molecular formula is C13H17N3O2S. The minimum atomic E-state index is -0.119. The Morgan fingerprint density at radius 1 is 1.53 bits per heavy atom. The molecule has 0 bridgehead atoms. The van der Waals surface area contributed by atoms with Crippen molar-refractivity contribution in [3.63, 3.8) is 0 Å². The van der Waals surface area contributed by atoms with Gasteiger partial charge in [-0.2, -0.15) is 0 Å². The van der Waals surface area contributed by atoms with Gasteiger partial charge in [0.05, 0.1) is 12.1 Å². The van der Waals surface area contributed by atoms with Crippen molar-refractivity contribution in [3.05, 3.63) is 23.9 Å². The van der Waals surface area contributed by atoms with Gasteiger partial charge >= 0.3 is 0 Å². The van der Waals surface area contributed by atoms with E-state index >= 15 is 0 Å². The quantitative estimate of drug-likeness (QED) is 0.843. The molecule has 1 N–H and O–H groups in total. The average Bonchev–Trinajstić information content (AvgIpc) is 2.38. The number of aromatic nitrogens is 1. The number of thioether (sulfide) groups is 1. The number of nitrogens with one attached hydrogen (secondary N) is 1. The average molecular weight is 279 g/mol. The van der Waals surface area contributed by atoms with E-state index in [1.165, 1.54) is 0 Å². The normalized spacial score (nSPS) is 15.5. The van der Waals surface area contributed by atoms with E-state index in [9.17, 15) is 9.59 Å². The second-order valence-corrected chi connectivity index (χ2v) is 6.16. The van der Waals surface area contributed by atoms with Crippen LogP contribution in [0.1, 0.15) is 24.2 Å². The van der Waals surface area contributed by atoms with Gasteiger partial charge in [0.2, 0.25) is 5.91 Å². The first-order valence-corrected chi connectivity index (χ1v) is 7.13. The summed E-state index contributed by atoms with van der Waals surface area (Å²) in [5.41, 5.74) is 0.580. The highest BCUT2D eigenvalue weighted by molar-refractivity contribution is 7.99. The van der Waals surface area contributed by atoms with Crippen LogP contribution in [0.2, 0.25) is 0 Å². The molecule has 1 aromatic heterocycles. The van der Waals surface area contributed by atoms with Crippen LogP contribution in [-0.2, 0) is 4.79 Å². The van der Waals surface area contributed by atoms with E-state index in [4.69, 9.17) is 0 Å². The summed E-state index contributed by atoms with van der Waals surface area (Å²) < 4.78 is 0. The first-order valence-electron chi connectivity index (χ1n) is 6.25. The molecule has 1 aromatic rings. The van der Waals surface area contributed by atoms with Gasteiger partial charge in [-0.25, -0.2) is 4.98 Å². The zero-order chi connectivity index (χ0) is 13.8. The highest BCUT2D eigenvalue weighted by atomic mass is 32.2. The minimum Gasteiger partial charge on any atom is -0.353 e. The molecule has 2 rings (SSSR count). The van der Waals surface area contributed by atoms with E-state index in [0.29, 0.717) is 23.9 Å². The van der Waals surface area contributed by atoms with Gasteiger partial charge in [-0.05, 0) is 12.1 Å². The van der Waals surface area contributed by atoms with E-state index in [1.807, 2.05) is 0 Å². The largest absolute Gasteiger partial charge is 0.353 e. The lowest BCUT2D eigenvalue weighted by atomic mass is 10.2. The third kappa shape index (κ3) is 3.47. The molecule has 0 spiro atoms. The first kappa shape index (κ1) is 13.9. The fraction of sp³-hybridized carbons (Fsp3) is 0.462. The van der Waals surface area contributed by atoms with Crippen LogP contribution >= 0.6 is 11.8 Å². The number of rotatable bonds is 3. The predicted octanol–water partition coefficient (Wildman–Crippen LogP) is 1.15. The van der Waals surface area contributed by atoms with E-state index in [1.54, 1.807) is 35.0 Å². The van der Waals surface area contributed by atoms with Crippen molar-refractivity contribution in [1.29, 1.82) is 0 Å². The second-order valence-electron chi connectivity index (χ2n) is 4.60. The Hall–Kier alpha value is -1.56. The van der Waals surface area contributed by atoms with Gasteiger partial charge in [0.1, 0.15) is 5.03 Å². The van der Waals surface area contributed by atoms with Gasteiger partial charge in [-0.3, -0.25) is 9.59 Å². The standard InChI is InChI=1S/C13H17N3O2S/c1-9(2)19-12-10(4-3-5-15-12)13(18)16-7-6-14-11(17)8-16/h3-5,9H,6-8H2,1-2H3,(H,14,17). The molecule has 2 heterocycles. The number of pyridine rings is 1. The molecule has 0 radical (unpaired) electrons. The summed E-state index contributed by atoms with van der Waals surface area (Å²) in [6, 6.07) is 3.52. The van der Waals surface area contributed by atoms with Gasteiger partial charge in [0.25, 0.3) is 5.91 Å². The van der Waals surface area contributed by atoms with Crippen molar-refractivity contribution in [3.8, 4) is 0 Å². The molecule has 19 heavy (non-hydrogen) atoms. The van der Waals surface area contributed by atoms with Crippen LogP contribution in [0, 0.1) is 0 Å². The Bertz CT molecular complexity index is 491. The first-order chi connectivity index (χ1) is 9.08. The molecule has 5 nitrogen and oxygen atoms in total. The van der Waals surface area contributed by atoms with E-state index in [2.05, 4.69) is 24.1 Å². The molecule has 102 valence electrons. The summed E-state index contributed by atoms with van der Waals surface area (Å²) >= 11 is 1.56. The molecule has 1 saturated heterocycles. The van der Waals surface area contributed by atoms with Gasteiger partial charge in [0, 0.05) is 24.5 Å². The molecule has 0 aromatic carbocycles. The number of carbonyl (C=O) groups excluding carboxylic acids is 2. The van der Waals surface area contributed by atoms with Crippen LogP contribution in [-0.4, -0.2) is 46.6 Å². The Balaban J connectivity index is 2.20. The molecule has 0 saturated carbocycles. The van der Waals surface area contributed by atoms with E-state index in [-0.39, 0.29) is 18.4 Å². The smallest absolute Gasteiger partial charge is 0.257 e. The number of amides is 2. The van der Waals surface area contributed by atoms with Crippen LogP contribution in [0.25, 0.3) is 0 Å². The van der Waals surface area contributed by atoms with Crippen LogP contribution in [0.3, 0.4) is 0 Å². The number of nitrogens with zero attached hydrogens (tertiary/aromatic N) is 2. The third-order valence-corrected chi connectivity index (χ3v) is 3.69. The van der Waals surface area contributed by atoms with Crippen molar-refractivity contribution in [2.75, 3.05) is 19.6 Å². The van der Waals surface area contributed by atoms with Gasteiger partial charge < -0.3 is 10.2 Å². The second kappa shape index (κ2) is 6.06. The van der Waals surface area contributed by atoms with Gasteiger partial charge in [-0.15, -0.1) is 11.8 Å². The van der Waals surface area contributed by atoms with Crippen LogP contribution in [0.5, 0.6) is 0 Å². The SMILES string of the molecule is CC(C)Sc1ncccc1C(=O)N1CCNC(=O)C1. The molecule has 1 aliphatic heterocycles. The zero-order valence-electron chi connectivity index (χ0n) is 11.0. The topological polar surface area (TPSA) is 62.3 Å². The minimum absolute atomic E-state index is 0.110. The number of carbonyl (C=O) groups is 2. The van der Waals surface area contributed by atoms with E-state index in [0.717, 1.165) is 5.03 Å². The Morgan fingerprint density at radius 3 is 3.00 bits per heavy atom. The summed E-state index contributed by atoms with van der Waals surface area (Å²) in [4.78, 5) is 29.6. The fourth-order valence-corrected chi connectivity index (χ4v) is 2.70. The number of hydrogen-bond donors (Lipinski definition) is 1. The molecule has 0 aliphatic carbocycles. The molecule has 0 atom stereocenters. The lowest BCUT2D eigenvalue weighted by Gasteiger charge is -2.27. The number of piperazine rings is 1. The maximum atomic E-state index is 12.4. The summed E-state index contributed by atoms with van der Waals surface area (Å²) in [5.74, 6) is -0.229. The van der Waals surface area contributed by atoms with Crippen LogP contribution in [0.15, 0.2) is 23.4 Å². The zero-order valence-corrected chi connectivity index (χ0v) is 11.9. The lowest BCUT2D eigenvalue weighted by molar-refractivity contribution is -0.123. The highest BCUT2D eigenvalue weighted by Gasteiger charge is 2.24. The summed E-state index contributed by atoms with van der Waals surface area (Å²) in [5, 5.41) is 3.79. The number of hydrogen-bond acceptors (Lipinski definition) is 4. The van der Waals surface area contributed by atoms with Crippen molar-refractivity contribution in [1.82, 2.24) is 15.2 Å². The molecule has 2 amide bonds.